The molecule has 1 N–H and O–H groups in total. The average molecular weight is 356 g/mol. The minimum Gasteiger partial charge on any atom is -0.305 e. The van der Waals surface area contributed by atoms with Crippen LogP contribution in [0.1, 0.15) is 15.9 Å². The highest BCUT2D eigenvalue weighted by Crippen LogP contribution is 2.22. The van der Waals surface area contributed by atoms with Crippen LogP contribution in [0.3, 0.4) is 0 Å². The molecule has 0 atom stereocenters. The summed E-state index contributed by atoms with van der Waals surface area (Å²) < 4.78 is 0. The van der Waals surface area contributed by atoms with Crippen LogP contribution in [-0.4, -0.2) is 16.1 Å². The van der Waals surface area contributed by atoms with Gasteiger partial charge in [-0.3, -0.25) is 4.79 Å². The van der Waals surface area contributed by atoms with E-state index in [1.54, 1.807) is 30.0 Å². The average Bonchev–Trinajstić information content (AvgIpc) is 2.63. The fourth-order valence-corrected chi connectivity index (χ4v) is 2.88. The Morgan fingerprint density at radius 1 is 0.958 bits per heavy atom. The zero-order valence-electron chi connectivity index (χ0n) is 12.6. The van der Waals surface area contributed by atoms with E-state index in [2.05, 4.69) is 15.5 Å². The molecule has 0 spiro atoms. The fraction of sp³-hybridized carbons (Fsp3) is 0.0556. The summed E-state index contributed by atoms with van der Waals surface area (Å²) in [6.07, 6.45) is 0. The number of nitrogens with zero attached hydrogens (tertiary/aromatic N) is 2. The third kappa shape index (κ3) is 4.57. The van der Waals surface area contributed by atoms with E-state index in [1.807, 2.05) is 48.5 Å². The standard InChI is InChI=1S/C18H14ClN3OS/c19-15-8-6-13(7-9-15)12-24-17-11-10-16(21-22-17)20-18(23)14-4-2-1-3-5-14/h1-11H,12H2,(H,20,21,23). The number of nitrogens with one attached hydrogen (secondary N) is 1. The smallest absolute Gasteiger partial charge is 0.256 e. The summed E-state index contributed by atoms with van der Waals surface area (Å²) in [6.45, 7) is 0. The highest BCUT2D eigenvalue weighted by molar-refractivity contribution is 7.98. The lowest BCUT2D eigenvalue weighted by Gasteiger charge is -2.05. The number of aromatic nitrogens is 2. The molecule has 0 bridgehead atoms. The van der Waals surface area contributed by atoms with Gasteiger partial charge in [-0.25, -0.2) is 0 Å². The molecule has 0 aliphatic rings. The van der Waals surface area contributed by atoms with Crippen molar-refractivity contribution in [3.63, 3.8) is 0 Å². The van der Waals surface area contributed by atoms with E-state index in [0.29, 0.717) is 11.4 Å². The zero-order chi connectivity index (χ0) is 16.8. The number of carbonyl (C=O) groups is 1. The molecule has 0 radical (unpaired) electrons. The van der Waals surface area contributed by atoms with Gasteiger partial charge < -0.3 is 5.32 Å². The Balaban J connectivity index is 1.57. The first-order valence-electron chi connectivity index (χ1n) is 7.28. The second kappa shape index (κ2) is 7.95. The van der Waals surface area contributed by atoms with Crippen molar-refractivity contribution in [2.75, 3.05) is 5.32 Å². The lowest BCUT2D eigenvalue weighted by atomic mass is 10.2. The highest BCUT2D eigenvalue weighted by atomic mass is 35.5. The second-order valence-electron chi connectivity index (χ2n) is 4.99. The van der Waals surface area contributed by atoms with E-state index in [1.165, 1.54) is 0 Å². The highest BCUT2D eigenvalue weighted by Gasteiger charge is 2.06. The van der Waals surface area contributed by atoms with E-state index >= 15 is 0 Å². The molecule has 2 aromatic carbocycles. The number of halogens is 1. The van der Waals surface area contributed by atoms with Crippen molar-refractivity contribution in [1.29, 1.82) is 0 Å². The lowest BCUT2D eigenvalue weighted by Crippen LogP contribution is -2.13. The maximum absolute atomic E-state index is 12.0. The van der Waals surface area contributed by atoms with E-state index < -0.39 is 0 Å². The van der Waals surface area contributed by atoms with E-state index in [4.69, 9.17) is 11.6 Å². The quantitative estimate of drug-likeness (QED) is 0.675. The van der Waals surface area contributed by atoms with Crippen LogP contribution in [0.25, 0.3) is 0 Å². The normalized spacial score (nSPS) is 10.4. The molecule has 0 saturated carbocycles. The summed E-state index contributed by atoms with van der Waals surface area (Å²) in [5, 5.41) is 12.4. The van der Waals surface area contributed by atoms with Crippen molar-refractivity contribution in [3.8, 4) is 0 Å². The van der Waals surface area contributed by atoms with Crippen LogP contribution in [0, 0.1) is 0 Å². The van der Waals surface area contributed by atoms with Crippen molar-refractivity contribution < 1.29 is 4.79 Å². The number of benzene rings is 2. The van der Waals surface area contributed by atoms with Gasteiger partial charge in [0, 0.05) is 16.3 Å². The first-order valence-corrected chi connectivity index (χ1v) is 8.64. The van der Waals surface area contributed by atoms with Gasteiger partial charge in [-0.1, -0.05) is 53.7 Å². The maximum atomic E-state index is 12.0. The third-order valence-corrected chi connectivity index (χ3v) is 4.46. The third-order valence-electron chi connectivity index (χ3n) is 3.22. The molecule has 24 heavy (non-hydrogen) atoms. The minimum atomic E-state index is -0.202. The largest absolute Gasteiger partial charge is 0.305 e. The summed E-state index contributed by atoms with van der Waals surface area (Å²) in [7, 11) is 0. The van der Waals surface area contributed by atoms with Crippen LogP contribution >= 0.6 is 23.4 Å². The lowest BCUT2D eigenvalue weighted by molar-refractivity contribution is 0.102. The number of hydrogen-bond acceptors (Lipinski definition) is 4. The molecule has 120 valence electrons. The Bertz CT molecular complexity index is 808. The van der Waals surface area contributed by atoms with Crippen molar-refractivity contribution >= 4 is 35.1 Å². The summed E-state index contributed by atoms with van der Waals surface area (Å²) >= 11 is 7.44. The molecule has 3 rings (SSSR count). The molecule has 1 aromatic heterocycles. The summed E-state index contributed by atoms with van der Waals surface area (Å²) in [4.78, 5) is 12.0. The maximum Gasteiger partial charge on any atom is 0.256 e. The molecule has 6 heteroatoms. The molecule has 3 aromatic rings. The molecular formula is C18H14ClN3OS. The summed E-state index contributed by atoms with van der Waals surface area (Å²) in [6, 6.07) is 20.3. The first kappa shape index (κ1) is 16.5. The van der Waals surface area contributed by atoms with Crippen LogP contribution in [-0.2, 0) is 5.75 Å². The predicted octanol–water partition coefficient (Wildman–Crippen LogP) is 4.67. The van der Waals surface area contributed by atoms with Crippen molar-refractivity contribution in [1.82, 2.24) is 10.2 Å². The van der Waals surface area contributed by atoms with E-state index in [0.717, 1.165) is 21.4 Å². The number of hydrogen-bond donors (Lipinski definition) is 1. The minimum absolute atomic E-state index is 0.202. The van der Waals surface area contributed by atoms with Gasteiger partial charge in [0.2, 0.25) is 0 Å². The van der Waals surface area contributed by atoms with Gasteiger partial charge in [-0.2, -0.15) is 0 Å². The van der Waals surface area contributed by atoms with Crippen LogP contribution in [0.15, 0.2) is 71.8 Å². The number of carbonyl (C=O) groups excluding carboxylic acids is 1. The van der Waals surface area contributed by atoms with Crippen molar-refractivity contribution in [2.24, 2.45) is 0 Å². The Morgan fingerprint density at radius 3 is 2.38 bits per heavy atom. The van der Waals surface area contributed by atoms with Gasteiger partial charge in [0.1, 0.15) is 5.03 Å². The summed E-state index contributed by atoms with van der Waals surface area (Å²) in [5.74, 6) is 1.01. The number of amides is 1. The fourth-order valence-electron chi connectivity index (χ4n) is 1.98. The summed E-state index contributed by atoms with van der Waals surface area (Å²) in [5.41, 5.74) is 1.74. The van der Waals surface area contributed by atoms with Crippen molar-refractivity contribution in [2.45, 2.75) is 10.8 Å². The molecule has 4 nitrogen and oxygen atoms in total. The van der Waals surface area contributed by atoms with E-state index in [9.17, 15) is 4.79 Å². The molecule has 1 heterocycles. The molecular weight excluding hydrogens is 342 g/mol. The molecule has 0 aliphatic heterocycles. The molecule has 0 aliphatic carbocycles. The van der Waals surface area contributed by atoms with Crippen molar-refractivity contribution in [3.05, 3.63) is 82.9 Å². The Morgan fingerprint density at radius 2 is 1.71 bits per heavy atom. The SMILES string of the molecule is O=C(Nc1ccc(SCc2ccc(Cl)cc2)nn1)c1ccccc1. The van der Waals surface area contributed by atoms with Gasteiger partial charge in [-0.05, 0) is 42.0 Å². The van der Waals surface area contributed by atoms with Gasteiger partial charge in [0.15, 0.2) is 5.82 Å². The van der Waals surface area contributed by atoms with Crippen LogP contribution in [0.5, 0.6) is 0 Å². The van der Waals surface area contributed by atoms with Gasteiger partial charge in [0.05, 0.1) is 0 Å². The van der Waals surface area contributed by atoms with Gasteiger partial charge >= 0.3 is 0 Å². The monoisotopic (exact) mass is 355 g/mol. The second-order valence-corrected chi connectivity index (χ2v) is 6.42. The number of anilines is 1. The zero-order valence-corrected chi connectivity index (χ0v) is 14.2. The Labute approximate surface area is 149 Å². The molecule has 0 saturated heterocycles. The number of rotatable bonds is 5. The van der Waals surface area contributed by atoms with Crippen LogP contribution in [0.4, 0.5) is 5.82 Å². The van der Waals surface area contributed by atoms with Crippen LogP contribution < -0.4 is 5.32 Å². The Hall–Kier alpha value is -2.37. The van der Waals surface area contributed by atoms with Gasteiger partial charge in [0.25, 0.3) is 5.91 Å². The van der Waals surface area contributed by atoms with Gasteiger partial charge in [-0.15, -0.1) is 10.2 Å². The molecule has 0 unspecified atom stereocenters. The predicted molar refractivity (Wildman–Crippen MR) is 97.4 cm³/mol. The Kier molecular flexibility index (Phi) is 5.46. The molecule has 0 fully saturated rings. The first-order chi connectivity index (χ1) is 11.7. The van der Waals surface area contributed by atoms with E-state index in [-0.39, 0.29) is 5.91 Å². The number of thioether (sulfide) groups is 1. The molecule has 1 amide bonds. The topological polar surface area (TPSA) is 54.9 Å². The van der Waals surface area contributed by atoms with Crippen LogP contribution in [0.2, 0.25) is 5.02 Å².